The van der Waals surface area contributed by atoms with E-state index in [0.717, 1.165) is 6.42 Å². The first-order valence-corrected chi connectivity index (χ1v) is 14.0. The molecule has 0 heterocycles. The van der Waals surface area contributed by atoms with Gasteiger partial charge in [0.1, 0.15) is 0 Å². The minimum atomic E-state index is -2.56. The predicted octanol–water partition coefficient (Wildman–Crippen LogP) is 6.53. The molecule has 0 amide bonds. The maximum atomic E-state index is 2.42. The predicted molar refractivity (Wildman–Crippen MR) is 149 cm³/mol. The van der Waals surface area contributed by atoms with Gasteiger partial charge in [-0.05, 0) is 0 Å². The van der Waals surface area contributed by atoms with Gasteiger partial charge >= 0.3 is 198 Å². The first kappa shape index (κ1) is 21.6. The Bertz CT molecular complexity index is 1290. The Kier molecular flexibility index (Phi) is 6.38. The summed E-state index contributed by atoms with van der Waals surface area (Å²) in [5.41, 5.74) is 1.49. The van der Waals surface area contributed by atoms with E-state index >= 15 is 0 Å². The van der Waals surface area contributed by atoms with Gasteiger partial charge in [-0.3, -0.25) is 0 Å². The Hall–Kier alpha value is -3.21. The molecule has 33 heavy (non-hydrogen) atoms. The number of benzene rings is 5. The van der Waals surface area contributed by atoms with Crippen molar-refractivity contribution in [2.45, 2.75) is 26.2 Å². The molecule has 0 aliphatic carbocycles. The van der Waals surface area contributed by atoms with E-state index in [2.05, 4.69) is 134 Å². The van der Waals surface area contributed by atoms with Gasteiger partial charge in [-0.2, -0.15) is 0 Å². The van der Waals surface area contributed by atoms with Gasteiger partial charge in [0.05, 0.1) is 0 Å². The summed E-state index contributed by atoms with van der Waals surface area (Å²) in [6.45, 7) is 2.28. The van der Waals surface area contributed by atoms with Crippen molar-refractivity contribution in [2.24, 2.45) is 0 Å². The van der Waals surface area contributed by atoms with E-state index in [1.54, 1.807) is 0 Å². The molecule has 0 aliphatic heterocycles. The van der Waals surface area contributed by atoms with Gasteiger partial charge in [0.2, 0.25) is 0 Å². The molecule has 164 valence electrons. The molecule has 0 fully saturated rings. The number of rotatable bonds is 7. The fourth-order valence-corrected chi connectivity index (χ4v) is 10.6. The van der Waals surface area contributed by atoms with Gasteiger partial charge in [-0.25, -0.2) is 0 Å². The van der Waals surface area contributed by atoms with E-state index in [0.29, 0.717) is 0 Å². The number of hydrogen-bond acceptors (Lipinski definition) is 0. The third-order valence-electron chi connectivity index (χ3n) is 6.83. The van der Waals surface area contributed by atoms with Gasteiger partial charge in [-0.15, -0.1) is 0 Å². The summed E-state index contributed by atoms with van der Waals surface area (Å²) in [5, 5.41) is 8.55. The number of fused-ring (bicyclic) bond motifs is 1. The topological polar surface area (TPSA) is 0 Å². The zero-order valence-corrected chi connectivity index (χ0v) is 20.2. The van der Waals surface area contributed by atoms with Crippen molar-refractivity contribution in [3.8, 4) is 0 Å². The van der Waals surface area contributed by atoms with Crippen LogP contribution >= 0.6 is 7.26 Å². The van der Waals surface area contributed by atoms with Gasteiger partial charge in [0.25, 0.3) is 0 Å². The standard InChI is InChI=1S/C32H31P/c1-2-3-15-27-17-11-13-24-31(27)33(28-19-6-4-7-20-28,29-21-8-5-9-22-29)32-25-14-18-26-16-10-12-23-30(26)32/h4-14,16-25,33H,2-3,15H2,1H3. The summed E-state index contributed by atoms with van der Waals surface area (Å²) in [6, 6.07) is 47.6. The second-order valence-corrected chi connectivity index (χ2v) is 12.5. The first-order chi connectivity index (χ1) is 16.4. The van der Waals surface area contributed by atoms with Crippen LogP contribution in [0.5, 0.6) is 0 Å². The SMILES string of the molecule is CCCCc1ccccc1[PH](c1ccccc1)(c1ccccc1)c1cccc2ccccc12. The molecule has 0 radical (unpaired) electrons. The van der Waals surface area contributed by atoms with Gasteiger partial charge < -0.3 is 0 Å². The maximum absolute atomic E-state index is 2.56. The molecule has 0 N–H and O–H groups in total. The summed E-state index contributed by atoms with van der Waals surface area (Å²) in [4.78, 5) is 0. The molecule has 5 rings (SSSR count). The molecule has 0 aliphatic rings. The van der Waals surface area contributed by atoms with Gasteiger partial charge in [-0.1, -0.05) is 0 Å². The molecule has 0 atom stereocenters. The second kappa shape index (κ2) is 9.74. The van der Waals surface area contributed by atoms with Crippen LogP contribution in [0.25, 0.3) is 10.8 Å². The molecule has 0 saturated carbocycles. The molecule has 0 aromatic heterocycles. The van der Waals surface area contributed by atoms with Crippen molar-refractivity contribution in [1.82, 2.24) is 0 Å². The summed E-state index contributed by atoms with van der Waals surface area (Å²) >= 11 is 0. The average Bonchev–Trinajstić information content (AvgIpc) is 2.90. The molecule has 0 saturated heterocycles. The first-order valence-electron chi connectivity index (χ1n) is 12.0. The molecule has 0 unspecified atom stereocenters. The molecular weight excluding hydrogens is 415 g/mol. The molecule has 0 nitrogen and oxygen atoms in total. The number of hydrogen-bond donors (Lipinski definition) is 0. The fourth-order valence-electron chi connectivity index (χ4n) is 5.33. The van der Waals surface area contributed by atoms with Crippen molar-refractivity contribution in [3.05, 3.63) is 133 Å². The molecule has 0 bridgehead atoms. The van der Waals surface area contributed by atoms with Gasteiger partial charge in [0.15, 0.2) is 0 Å². The zero-order valence-electron chi connectivity index (χ0n) is 19.2. The Labute approximate surface area is 198 Å². The van der Waals surface area contributed by atoms with E-state index in [9.17, 15) is 0 Å². The van der Waals surface area contributed by atoms with E-state index in [-0.39, 0.29) is 0 Å². The molecule has 5 aromatic carbocycles. The Morgan fingerprint density at radius 1 is 0.515 bits per heavy atom. The van der Waals surface area contributed by atoms with Crippen molar-refractivity contribution in [2.75, 3.05) is 0 Å². The number of aryl methyl sites for hydroxylation is 1. The van der Waals surface area contributed by atoms with E-state index < -0.39 is 7.26 Å². The summed E-state index contributed by atoms with van der Waals surface area (Å²) < 4.78 is 0. The van der Waals surface area contributed by atoms with Crippen LogP contribution in [0, 0.1) is 0 Å². The van der Waals surface area contributed by atoms with Crippen LogP contribution < -0.4 is 21.2 Å². The Morgan fingerprint density at radius 3 is 1.76 bits per heavy atom. The summed E-state index contributed by atoms with van der Waals surface area (Å²) in [6.07, 6.45) is 3.53. The van der Waals surface area contributed by atoms with Crippen LogP contribution in [0.3, 0.4) is 0 Å². The second-order valence-electron chi connectivity index (χ2n) is 8.77. The monoisotopic (exact) mass is 446 g/mol. The average molecular weight is 447 g/mol. The Balaban J connectivity index is 1.96. The molecular formula is C32H31P. The van der Waals surface area contributed by atoms with E-state index in [1.807, 2.05) is 0 Å². The Morgan fingerprint density at radius 2 is 1.06 bits per heavy atom. The molecule has 1 heteroatoms. The van der Waals surface area contributed by atoms with E-state index in [4.69, 9.17) is 0 Å². The van der Waals surface area contributed by atoms with Crippen LogP contribution in [0.4, 0.5) is 0 Å². The minimum absolute atomic E-state index is 1.12. The van der Waals surface area contributed by atoms with Crippen molar-refractivity contribution >= 4 is 39.3 Å². The third kappa shape index (κ3) is 3.90. The summed E-state index contributed by atoms with van der Waals surface area (Å²) in [7, 11) is -2.56. The fraction of sp³-hybridized carbons (Fsp3) is 0.125. The molecule has 5 aromatic rings. The zero-order chi connectivity index (χ0) is 22.5. The van der Waals surface area contributed by atoms with Crippen LogP contribution in [0.2, 0.25) is 0 Å². The van der Waals surface area contributed by atoms with Crippen LogP contribution in [0.15, 0.2) is 127 Å². The third-order valence-corrected chi connectivity index (χ3v) is 11.8. The van der Waals surface area contributed by atoms with Crippen LogP contribution in [-0.4, -0.2) is 0 Å². The van der Waals surface area contributed by atoms with Crippen molar-refractivity contribution < 1.29 is 0 Å². The van der Waals surface area contributed by atoms with Crippen LogP contribution in [0.1, 0.15) is 25.3 Å². The van der Waals surface area contributed by atoms with E-state index in [1.165, 1.54) is 50.4 Å². The van der Waals surface area contributed by atoms with Crippen molar-refractivity contribution in [3.63, 3.8) is 0 Å². The quantitative estimate of drug-likeness (QED) is 0.249. The molecule has 0 spiro atoms. The van der Waals surface area contributed by atoms with Crippen LogP contribution in [-0.2, 0) is 6.42 Å². The van der Waals surface area contributed by atoms with Crippen molar-refractivity contribution in [1.29, 1.82) is 0 Å². The summed E-state index contributed by atoms with van der Waals surface area (Å²) in [5.74, 6) is 0. The number of unbranched alkanes of at least 4 members (excludes halogenated alkanes) is 1. The van der Waals surface area contributed by atoms with Gasteiger partial charge in [0, 0.05) is 0 Å². The normalized spacial score (nSPS) is 12.0.